The molecule has 1 unspecified atom stereocenters. The molecule has 2 heterocycles. The number of H-pyrrole nitrogens is 1. The molecule has 0 aliphatic carbocycles. The molecule has 1 atom stereocenters. The summed E-state index contributed by atoms with van der Waals surface area (Å²) >= 11 is 0. The van der Waals surface area contributed by atoms with E-state index in [1.54, 1.807) is 17.8 Å². The van der Waals surface area contributed by atoms with Gasteiger partial charge in [-0.2, -0.15) is 5.10 Å². The molecule has 2 rings (SSSR count). The van der Waals surface area contributed by atoms with Crippen LogP contribution < -0.4 is 10.9 Å². The van der Waals surface area contributed by atoms with Crippen molar-refractivity contribution in [2.45, 2.75) is 26.8 Å². The molecular formula is C12H17N5O. The predicted molar refractivity (Wildman–Crippen MR) is 69.6 cm³/mol. The second-order valence-corrected chi connectivity index (χ2v) is 4.42. The molecule has 18 heavy (non-hydrogen) atoms. The first kappa shape index (κ1) is 12.3. The van der Waals surface area contributed by atoms with E-state index < -0.39 is 0 Å². The molecule has 0 saturated heterocycles. The first-order valence-corrected chi connectivity index (χ1v) is 5.80. The van der Waals surface area contributed by atoms with Gasteiger partial charge in [0.25, 0.3) is 5.56 Å². The summed E-state index contributed by atoms with van der Waals surface area (Å²) in [6.45, 7) is 5.55. The minimum absolute atomic E-state index is 0.0936. The minimum atomic E-state index is -0.119. The number of aryl methyl sites for hydroxylation is 3. The highest BCUT2D eigenvalue weighted by atomic mass is 16.1. The lowest BCUT2D eigenvalue weighted by molar-refractivity contribution is 0.767. The van der Waals surface area contributed by atoms with Crippen LogP contribution in [0.5, 0.6) is 0 Å². The van der Waals surface area contributed by atoms with Crippen LogP contribution in [0.25, 0.3) is 0 Å². The second-order valence-electron chi connectivity index (χ2n) is 4.42. The first-order valence-electron chi connectivity index (χ1n) is 5.80. The topological polar surface area (TPSA) is 75.6 Å². The van der Waals surface area contributed by atoms with Crippen molar-refractivity contribution in [3.05, 3.63) is 39.8 Å². The lowest BCUT2D eigenvalue weighted by atomic mass is 10.1. The fraction of sp³-hybridized carbons (Fsp3) is 0.417. The zero-order chi connectivity index (χ0) is 13.3. The standard InChI is InChI=1S/C12H17N5O/c1-7-11(12(18)16-9(3)14-7)8(2)15-10-5-13-17(4)6-10/h5-6,8,15H,1-4H3,(H,14,16,18). The number of anilines is 1. The zero-order valence-corrected chi connectivity index (χ0v) is 11.0. The van der Waals surface area contributed by atoms with Crippen LogP contribution in [0.3, 0.4) is 0 Å². The number of nitrogens with zero attached hydrogens (tertiary/aromatic N) is 3. The number of rotatable bonds is 3. The van der Waals surface area contributed by atoms with E-state index in [1.165, 1.54) is 0 Å². The van der Waals surface area contributed by atoms with E-state index in [4.69, 9.17) is 0 Å². The fourth-order valence-corrected chi connectivity index (χ4v) is 2.06. The molecule has 0 bridgehead atoms. The van der Waals surface area contributed by atoms with E-state index in [9.17, 15) is 4.79 Å². The van der Waals surface area contributed by atoms with Crippen LogP contribution in [0.1, 0.15) is 30.0 Å². The summed E-state index contributed by atoms with van der Waals surface area (Å²) in [7, 11) is 1.85. The summed E-state index contributed by atoms with van der Waals surface area (Å²) in [6, 6.07) is -0.119. The van der Waals surface area contributed by atoms with Crippen molar-refractivity contribution in [3.63, 3.8) is 0 Å². The number of nitrogens with one attached hydrogen (secondary N) is 2. The van der Waals surface area contributed by atoms with E-state index in [0.717, 1.165) is 11.4 Å². The Bertz CT molecular complexity index is 613. The lowest BCUT2D eigenvalue weighted by Crippen LogP contribution is -2.23. The van der Waals surface area contributed by atoms with Crippen LogP contribution in [-0.2, 0) is 7.05 Å². The summed E-state index contributed by atoms with van der Waals surface area (Å²) in [5, 5.41) is 7.31. The van der Waals surface area contributed by atoms with E-state index in [1.807, 2.05) is 27.1 Å². The molecular weight excluding hydrogens is 230 g/mol. The third-order valence-corrected chi connectivity index (χ3v) is 2.79. The number of hydrogen-bond acceptors (Lipinski definition) is 4. The molecule has 6 heteroatoms. The predicted octanol–water partition coefficient (Wildman–Crippen LogP) is 1.29. The Morgan fingerprint density at radius 1 is 1.44 bits per heavy atom. The summed E-state index contributed by atoms with van der Waals surface area (Å²) < 4.78 is 1.71. The summed E-state index contributed by atoms with van der Waals surface area (Å²) in [4.78, 5) is 19.0. The molecule has 6 nitrogen and oxygen atoms in total. The Kier molecular flexibility index (Phi) is 3.18. The molecule has 0 radical (unpaired) electrons. The van der Waals surface area contributed by atoms with Crippen LogP contribution in [0.4, 0.5) is 5.69 Å². The minimum Gasteiger partial charge on any atom is -0.376 e. The van der Waals surface area contributed by atoms with Gasteiger partial charge in [-0.25, -0.2) is 4.98 Å². The highest BCUT2D eigenvalue weighted by Crippen LogP contribution is 2.17. The van der Waals surface area contributed by atoms with Gasteiger partial charge < -0.3 is 10.3 Å². The summed E-state index contributed by atoms with van der Waals surface area (Å²) in [5.41, 5.74) is 2.19. The molecule has 2 aromatic heterocycles. The van der Waals surface area contributed by atoms with Gasteiger partial charge >= 0.3 is 0 Å². The number of aromatic amines is 1. The Labute approximate surface area is 105 Å². The van der Waals surface area contributed by atoms with Crippen molar-refractivity contribution in [1.29, 1.82) is 0 Å². The molecule has 0 aliphatic rings. The van der Waals surface area contributed by atoms with Gasteiger partial charge in [0.1, 0.15) is 5.82 Å². The smallest absolute Gasteiger partial charge is 0.256 e. The molecule has 2 aromatic rings. The van der Waals surface area contributed by atoms with Crippen molar-refractivity contribution in [2.75, 3.05) is 5.32 Å². The SMILES string of the molecule is Cc1nc(C)c(C(C)Nc2cnn(C)c2)c(=O)[nH]1. The lowest BCUT2D eigenvalue weighted by Gasteiger charge is -2.15. The van der Waals surface area contributed by atoms with Crippen LogP contribution >= 0.6 is 0 Å². The van der Waals surface area contributed by atoms with Gasteiger partial charge in [-0.15, -0.1) is 0 Å². The fourth-order valence-electron chi connectivity index (χ4n) is 2.06. The molecule has 2 N–H and O–H groups in total. The third-order valence-electron chi connectivity index (χ3n) is 2.79. The van der Waals surface area contributed by atoms with Crippen molar-refractivity contribution in [1.82, 2.24) is 19.7 Å². The second kappa shape index (κ2) is 4.64. The van der Waals surface area contributed by atoms with Gasteiger partial charge in [0.2, 0.25) is 0 Å². The van der Waals surface area contributed by atoms with Gasteiger partial charge in [0, 0.05) is 13.2 Å². The maximum absolute atomic E-state index is 11.9. The maximum Gasteiger partial charge on any atom is 0.256 e. The molecule has 0 fully saturated rings. The largest absolute Gasteiger partial charge is 0.376 e. The molecule has 0 aliphatic heterocycles. The van der Waals surface area contributed by atoms with Gasteiger partial charge in [0.05, 0.1) is 29.2 Å². The number of hydrogen-bond donors (Lipinski definition) is 2. The first-order chi connectivity index (χ1) is 8.47. The Morgan fingerprint density at radius 3 is 2.72 bits per heavy atom. The molecule has 0 amide bonds. The van der Waals surface area contributed by atoms with Crippen LogP contribution in [0, 0.1) is 13.8 Å². The van der Waals surface area contributed by atoms with E-state index in [2.05, 4.69) is 20.4 Å². The van der Waals surface area contributed by atoms with Gasteiger partial charge in [-0.05, 0) is 20.8 Å². The van der Waals surface area contributed by atoms with Crippen molar-refractivity contribution >= 4 is 5.69 Å². The normalized spacial score (nSPS) is 12.4. The third kappa shape index (κ3) is 2.42. The monoisotopic (exact) mass is 247 g/mol. The highest BCUT2D eigenvalue weighted by molar-refractivity contribution is 5.41. The van der Waals surface area contributed by atoms with E-state index in [-0.39, 0.29) is 11.6 Å². The van der Waals surface area contributed by atoms with E-state index >= 15 is 0 Å². The number of aromatic nitrogens is 4. The zero-order valence-electron chi connectivity index (χ0n) is 11.0. The highest BCUT2D eigenvalue weighted by Gasteiger charge is 2.14. The van der Waals surface area contributed by atoms with Crippen molar-refractivity contribution in [3.8, 4) is 0 Å². The maximum atomic E-state index is 11.9. The van der Waals surface area contributed by atoms with Crippen LogP contribution in [0.2, 0.25) is 0 Å². The van der Waals surface area contributed by atoms with Gasteiger partial charge in [-0.3, -0.25) is 9.48 Å². The summed E-state index contributed by atoms with van der Waals surface area (Å²) in [6.07, 6.45) is 3.59. The Hall–Kier alpha value is -2.11. The molecule has 96 valence electrons. The average molecular weight is 247 g/mol. The van der Waals surface area contributed by atoms with Crippen LogP contribution in [0.15, 0.2) is 17.2 Å². The van der Waals surface area contributed by atoms with Crippen LogP contribution in [-0.4, -0.2) is 19.7 Å². The van der Waals surface area contributed by atoms with Gasteiger partial charge in [-0.1, -0.05) is 0 Å². The Balaban J connectivity index is 2.29. The van der Waals surface area contributed by atoms with E-state index in [0.29, 0.717) is 11.4 Å². The average Bonchev–Trinajstić information content (AvgIpc) is 2.62. The van der Waals surface area contributed by atoms with Crippen molar-refractivity contribution in [2.24, 2.45) is 7.05 Å². The summed E-state index contributed by atoms with van der Waals surface area (Å²) in [5.74, 6) is 0.634. The molecule has 0 saturated carbocycles. The molecule has 0 aromatic carbocycles. The molecule has 0 spiro atoms. The Morgan fingerprint density at radius 2 is 2.17 bits per heavy atom. The van der Waals surface area contributed by atoms with Crippen molar-refractivity contribution < 1.29 is 0 Å². The quantitative estimate of drug-likeness (QED) is 0.857. The van der Waals surface area contributed by atoms with Gasteiger partial charge in [0.15, 0.2) is 0 Å².